The molecule has 0 radical (unpaired) electrons. The van der Waals surface area contributed by atoms with Gasteiger partial charge >= 0.3 is 0 Å². The van der Waals surface area contributed by atoms with E-state index >= 15 is 0 Å². The summed E-state index contributed by atoms with van der Waals surface area (Å²) in [4.78, 5) is 6.96. The maximum absolute atomic E-state index is 6.09. The number of anilines is 1. The van der Waals surface area contributed by atoms with Crippen LogP contribution < -0.4 is 15.8 Å². The van der Waals surface area contributed by atoms with Crippen molar-refractivity contribution in [3.8, 4) is 5.75 Å². The summed E-state index contributed by atoms with van der Waals surface area (Å²) in [5.74, 6) is 1.18. The lowest BCUT2D eigenvalue weighted by atomic mass is 10.1. The van der Waals surface area contributed by atoms with Crippen LogP contribution in [0.25, 0.3) is 0 Å². The van der Waals surface area contributed by atoms with Crippen LogP contribution in [0.15, 0.2) is 59.6 Å². The van der Waals surface area contributed by atoms with Crippen molar-refractivity contribution in [3.05, 3.63) is 60.2 Å². The van der Waals surface area contributed by atoms with Crippen LogP contribution in [0.5, 0.6) is 5.75 Å². The second-order valence-electron chi connectivity index (χ2n) is 5.73. The molecule has 1 unspecified atom stereocenters. The topological polar surface area (TPSA) is 62.9 Å². The van der Waals surface area contributed by atoms with Crippen molar-refractivity contribution in [1.82, 2.24) is 4.90 Å². The van der Waals surface area contributed by atoms with Gasteiger partial charge in [-0.05, 0) is 30.8 Å². The number of nitrogens with one attached hydrogen (secondary N) is 1. The average Bonchev–Trinajstić information content (AvgIpc) is 2.66. The molecular formula is C20H29IN4O. The zero-order valence-corrected chi connectivity index (χ0v) is 18.0. The van der Waals surface area contributed by atoms with Gasteiger partial charge in [-0.25, -0.2) is 0 Å². The summed E-state index contributed by atoms with van der Waals surface area (Å²) in [6.45, 7) is 6.88. The van der Waals surface area contributed by atoms with Crippen LogP contribution in [-0.2, 0) is 0 Å². The molecule has 0 fully saturated rings. The summed E-state index contributed by atoms with van der Waals surface area (Å²) in [7, 11) is 1.64. The van der Waals surface area contributed by atoms with Crippen LogP contribution in [0.1, 0.15) is 25.5 Å². The smallest absolute Gasteiger partial charge is 0.193 e. The summed E-state index contributed by atoms with van der Waals surface area (Å²) in [5, 5.41) is 3.13. The lowest BCUT2D eigenvalue weighted by Crippen LogP contribution is -2.32. The normalized spacial score (nSPS) is 12.4. The molecule has 0 saturated heterocycles. The summed E-state index contributed by atoms with van der Waals surface area (Å²) >= 11 is 0. The number of nitrogens with two attached hydrogens (primary N) is 1. The highest BCUT2D eigenvalue weighted by Crippen LogP contribution is 2.21. The minimum Gasteiger partial charge on any atom is -0.497 e. The van der Waals surface area contributed by atoms with E-state index in [0.29, 0.717) is 12.5 Å². The predicted octanol–water partition coefficient (Wildman–Crippen LogP) is 4.12. The van der Waals surface area contributed by atoms with Gasteiger partial charge in [0.05, 0.1) is 19.7 Å². The minimum atomic E-state index is 0. The molecular weight excluding hydrogens is 439 g/mol. The van der Waals surface area contributed by atoms with Crippen molar-refractivity contribution in [3.63, 3.8) is 0 Å². The number of methoxy groups -OCH3 is 1. The molecule has 0 saturated carbocycles. The van der Waals surface area contributed by atoms with Crippen molar-refractivity contribution in [1.29, 1.82) is 0 Å². The largest absolute Gasteiger partial charge is 0.497 e. The van der Waals surface area contributed by atoms with Crippen molar-refractivity contribution < 1.29 is 4.74 Å². The van der Waals surface area contributed by atoms with Crippen LogP contribution in [0.2, 0.25) is 0 Å². The Balaban J connectivity index is 0.00000338. The van der Waals surface area contributed by atoms with E-state index in [0.717, 1.165) is 24.5 Å². The van der Waals surface area contributed by atoms with Crippen molar-refractivity contribution in [2.24, 2.45) is 10.7 Å². The number of rotatable bonds is 8. The molecule has 0 amide bonds. The van der Waals surface area contributed by atoms with Crippen LogP contribution in [0.4, 0.5) is 5.69 Å². The van der Waals surface area contributed by atoms with Crippen molar-refractivity contribution in [2.45, 2.75) is 19.9 Å². The standard InChI is InChI=1S/C20H28N4O.HI/c1-4-24(5-2)19(16-10-7-6-8-11-16)15-22-20(21)23-17-12-9-13-18(14-17)25-3;/h6-14,19H,4-5,15H2,1-3H3,(H3,21,22,23);1H. The molecule has 0 heterocycles. The van der Waals surface area contributed by atoms with Crippen LogP contribution in [0, 0.1) is 0 Å². The Morgan fingerprint density at radius 3 is 2.42 bits per heavy atom. The Hall–Kier alpha value is -1.80. The molecule has 0 aliphatic carbocycles. The van der Waals surface area contributed by atoms with Crippen molar-refractivity contribution in [2.75, 3.05) is 32.1 Å². The predicted molar refractivity (Wildman–Crippen MR) is 121 cm³/mol. The van der Waals surface area contributed by atoms with Crippen LogP contribution in [0.3, 0.4) is 0 Å². The number of hydrogen-bond acceptors (Lipinski definition) is 3. The molecule has 0 aromatic heterocycles. The van der Waals surface area contributed by atoms with E-state index in [2.05, 4.69) is 53.3 Å². The number of halogens is 1. The van der Waals surface area contributed by atoms with E-state index in [1.807, 2.05) is 30.3 Å². The number of ether oxygens (including phenoxy) is 1. The monoisotopic (exact) mass is 468 g/mol. The Kier molecular flexibility index (Phi) is 10.0. The first-order valence-electron chi connectivity index (χ1n) is 8.67. The van der Waals surface area contributed by atoms with E-state index in [1.165, 1.54) is 5.56 Å². The molecule has 1 atom stereocenters. The quantitative estimate of drug-likeness (QED) is 0.348. The maximum atomic E-state index is 6.09. The van der Waals surface area contributed by atoms with Gasteiger partial charge in [0.2, 0.25) is 0 Å². The summed E-state index contributed by atoms with van der Waals surface area (Å²) < 4.78 is 5.23. The van der Waals surface area contributed by atoms with Gasteiger partial charge in [0.15, 0.2) is 5.96 Å². The molecule has 2 aromatic carbocycles. The zero-order valence-electron chi connectivity index (χ0n) is 15.7. The Morgan fingerprint density at radius 1 is 1.12 bits per heavy atom. The van der Waals surface area contributed by atoms with Crippen LogP contribution >= 0.6 is 24.0 Å². The summed E-state index contributed by atoms with van der Waals surface area (Å²) in [5.41, 5.74) is 8.20. The molecule has 0 aliphatic rings. The first-order valence-corrected chi connectivity index (χ1v) is 8.67. The summed E-state index contributed by atoms with van der Waals surface area (Å²) in [6.07, 6.45) is 0. The third-order valence-electron chi connectivity index (χ3n) is 4.21. The van der Waals surface area contributed by atoms with Gasteiger partial charge in [0.1, 0.15) is 5.75 Å². The van der Waals surface area contributed by atoms with Gasteiger partial charge in [0.25, 0.3) is 0 Å². The maximum Gasteiger partial charge on any atom is 0.193 e. The van der Waals surface area contributed by atoms with E-state index < -0.39 is 0 Å². The third kappa shape index (κ3) is 6.49. The van der Waals surface area contributed by atoms with Gasteiger partial charge in [-0.15, -0.1) is 24.0 Å². The number of hydrogen-bond donors (Lipinski definition) is 2. The van der Waals surface area contributed by atoms with Gasteiger partial charge in [0, 0.05) is 11.8 Å². The zero-order chi connectivity index (χ0) is 18.1. The summed E-state index contributed by atoms with van der Waals surface area (Å²) in [6, 6.07) is 18.3. The molecule has 26 heavy (non-hydrogen) atoms. The molecule has 5 nitrogen and oxygen atoms in total. The number of likely N-dealkylation sites (N-methyl/N-ethyl adjacent to an activating group) is 1. The number of aliphatic imine (C=N–C) groups is 1. The van der Waals surface area contributed by atoms with Gasteiger partial charge in [-0.2, -0.15) is 0 Å². The minimum absolute atomic E-state index is 0. The van der Waals surface area contributed by atoms with Gasteiger partial charge < -0.3 is 15.8 Å². The molecule has 142 valence electrons. The first kappa shape index (κ1) is 22.2. The molecule has 6 heteroatoms. The number of guanidine groups is 1. The molecule has 0 bridgehead atoms. The highest BCUT2D eigenvalue weighted by atomic mass is 127. The number of nitrogens with zero attached hydrogens (tertiary/aromatic N) is 2. The Morgan fingerprint density at radius 2 is 1.81 bits per heavy atom. The highest BCUT2D eigenvalue weighted by molar-refractivity contribution is 14.0. The molecule has 2 aromatic rings. The third-order valence-corrected chi connectivity index (χ3v) is 4.21. The molecule has 0 spiro atoms. The Labute approximate surface area is 173 Å². The van der Waals surface area contributed by atoms with Crippen molar-refractivity contribution >= 4 is 35.6 Å². The lowest BCUT2D eigenvalue weighted by Gasteiger charge is -2.29. The number of benzene rings is 2. The average molecular weight is 468 g/mol. The van der Waals surface area contributed by atoms with E-state index in [4.69, 9.17) is 10.5 Å². The fourth-order valence-corrected chi connectivity index (χ4v) is 2.84. The fraction of sp³-hybridized carbons (Fsp3) is 0.350. The lowest BCUT2D eigenvalue weighted by molar-refractivity contribution is 0.224. The highest BCUT2D eigenvalue weighted by Gasteiger charge is 2.17. The Bertz CT molecular complexity index is 675. The molecule has 3 N–H and O–H groups in total. The van der Waals surface area contributed by atoms with Gasteiger partial charge in [-0.3, -0.25) is 9.89 Å². The van der Waals surface area contributed by atoms with E-state index in [9.17, 15) is 0 Å². The molecule has 0 aliphatic heterocycles. The van der Waals surface area contributed by atoms with E-state index in [1.54, 1.807) is 7.11 Å². The molecule has 2 rings (SSSR count). The second kappa shape index (κ2) is 11.7. The van der Waals surface area contributed by atoms with E-state index in [-0.39, 0.29) is 30.0 Å². The second-order valence-corrected chi connectivity index (χ2v) is 5.73. The first-order chi connectivity index (χ1) is 12.2. The SMILES string of the molecule is CCN(CC)C(CN=C(N)Nc1cccc(OC)c1)c1ccccc1.I. The van der Waals surface area contributed by atoms with Gasteiger partial charge in [-0.1, -0.05) is 50.2 Å². The fourth-order valence-electron chi connectivity index (χ4n) is 2.84. The van der Waals surface area contributed by atoms with Crippen LogP contribution in [-0.4, -0.2) is 37.6 Å².